The molecule has 0 atom stereocenters. The summed E-state index contributed by atoms with van der Waals surface area (Å²) in [7, 11) is 0. The summed E-state index contributed by atoms with van der Waals surface area (Å²) in [4.78, 5) is 24.5. The van der Waals surface area contributed by atoms with E-state index in [1.54, 1.807) is 42.5 Å². The first kappa shape index (κ1) is 24.0. The monoisotopic (exact) mass is 509 g/mol. The molecule has 0 saturated carbocycles. The Hall–Kier alpha value is -3.65. The topological polar surface area (TPSA) is 89.0 Å². The molecule has 0 saturated heterocycles. The molecule has 0 bridgehead atoms. The summed E-state index contributed by atoms with van der Waals surface area (Å²) in [6, 6.07) is 19.6. The Morgan fingerprint density at radius 3 is 2.52 bits per heavy atom. The number of halogens is 1. The van der Waals surface area contributed by atoms with Gasteiger partial charge in [0.05, 0.1) is 24.9 Å². The van der Waals surface area contributed by atoms with Crippen molar-refractivity contribution in [3.05, 3.63) is 87.9 Å². The number of aryl methyl sites for hydroxylation is 1. The van der Waals surface area contributed by atoms with Crippen molar-refractivity contribution in [3.63, 3.8) is 0 Å². The Morgan fingerprint density at radius 1 is 1.03 bits per heavy atom. The summed E-state index contributed by atoms with van der Waals surface area (Å²) in [6.07, 6.45) is 1.49. The minimum atomic E-state index is -0.488. The maximum atomic E-state index is 12.4. The summed E-state index contributed by atoms with van der Waals surface area (Å²) >= 11 is 3.34. The van der Waals surface area contributed by atoms with Gasteiger partial charge in [-0.15, -0.1) is 0 Å². The summed E-state index contributed by atoms with van der Waals surface area (Å²) in [5.74, 6) is -0.0642. The van der Waals surface area contributed by atoms with Crippen LogP contribution in [0.2, 0.25) is 0 Å². The number of para-hydroxylation sites is 1. The molecule has 2 N–H and O–H groups in total. The molecule has 7 nitrogen and oxygen atoms in total. The number of amides is 1. The van der Waals surface area contributed by atoms with Crippen LogP contribution in [0, 0.1) is 6.92 Å². The van der Waals surface area contributed by atoms with E-state index in [1.165, 1.54) is 6.21 Å². The maximum absolute atomic E-state index is 12.4. The van der Waals surface area contributed by atoms with Gasteiger partial charge in [0.1, 0.15) is 0 Å². The third-order valence-electron chi connectivity index (χ3n) is 4.54. The van der Waals surface area contributed by atoms with Crippen LogP contribution in [0.1, 0.15) is 28.4 Å². The van der Waals surface area contributed by atoms with Gasteiger partial charge in [0.15, 0.2) is 11.5 Å². The van der Waals surface area contributed by atoms with Gasteiger partial charge >= 0.3 is 5.97 Å². The van der Waals surface area contributed by atoms with Gasteiger partial charge in [0, 0.05) is 10.2 Å². The number of benzene rings is 3. The fourth-order valence-corrected chi connectivity index (χ4v) is 3.13. The molecule has 0 aliphatic rings. The Morgan fingerprint density at radius 2 is 1.79 bits per heavy atom. The van der Waals surface area contributed by atoms with Crippen LogP contribution in [0.15, 0.2) is 76.3 Å². The number of hydrogen-bond acceptors (Lipinski definition) is 6. The number of rotatable bonds is 9. The molecule has 0 radical (unpaired) electrons. The third-order valence-corrected chi connectivity index (χ3v) is 5.07. The zero-order chi connectivity index (χ0) is 23.6. The predicted molar refractivity (Wildman–Crippen MR) is 132 cm³/mol. The number of hydrazone groups is 1. The summed E-state index contributed by atoms with van der Waals surface area (Å²) in [6.45, 7) is 4.29. The van der Waals surface area contributed by atoms with Crippen LogP contribution < -0.4 is 20.2 Å². The fraction of sp³-hybridized carbons (Fsp3) is 0.160. The average molecular weight is 510 g/mol. The molecule has 1 amide bonds. The van der Waals surface area contributed by atoms with Crippen molar-refractivity contribution >= 4 is 39.7 Å². The Kier molecular flexibility index (Phi) is 8.60. The molecule has 0 fully saturated rings. The van der Waals surface area contributed by atoms with Crippen LogP contribution in [0.5, 0.6) is 11.5 Å². The van der Waals surface area contributed by atoms with Gasteiger partial charge in [0.25, 0.3) is 5.91 Å². The number of nitrogens with one attached hydrogen (secondary N) is 2. The van der Waals surface area contributed by atoms with Gasteiger partial charge in [-0.1, -0.05) is 34.1 Å². The highest BCUT2D eigenvalue weighted by atomic mass is 79.9. The van der Waals surface area contributed by atoms with E-state index in [4.69, 9.17) is 9.47 Å². The minimum absolute atomic E-state index is 0.0946. The number of hydrogen-bond donors (Lipinski definition) is 2. The van der Waals surface area contributed by atoms with Crippen molar-refractivity contribution in [2.24, 2.45) is 5.10 Å². The molecule has 0 heterocycles. The molecular weight excluding hydrogens is 486 g/mol. The lowest BCUT2D eigenvalue weighted by Crippen LogP contribution is -2.26. The quantitative estimate of drug-likeness (QED) is 0.184. The van der Waals surface area contributed by atoms with Crippen molar-refractivity contribution < 1.29 is 19.1 Å². The lowest BCUT2D eigenvalue weighted by atomic mass is 10.2. The first-order valence-corrected chi connectivity index (χ1v) is 11.1. The van der Waals surface area contributed by atoms with Crippen molar-refractivity contribution in [1.82, 2.24) is 5.43 Å². The van der Waals surface area contributed by atoms with Gasteiger partial charge in [-0.25, -0.2) is 10.2 Å². The SMILES string of the molecule is CCOc1cc(/C=N/NC(=O)CNc2ccccc2C)ccc1OC(=O)c1ccc(Br)cc1. The molecule has 8 heteroatoms. The van der Waals surface area contributed by atoms with E-state index in [9.17, 15) is 9.59 Å². The molecule has 0 unspecified atom stereocenters. The fourth-order valence-electron chi connectivity index (χ4n) is 2.87. The first-order valence-electron chi connectivity index (χ1n) is 10.3. The highest BCUT2D eigenvalue weighted by Gasteiger charge is 2.13. The van der Waals surface area contributed by atoms with Crippen LogP contribution in [-0.2, 0) is 4.79 Å². The highest BCUT2D eigenvalue weighted by molar-refractivity contribution is 9.10. The maximum Gasteiger partial charge on any atom is 0.343 e. The standard InChI is InChI=1S/C25H24BrN3O4/c1-3-32-23-14-18(8-13-22(23)33-25(31)19-9-11-20(26)12-10-19)15-28-29-24(30)16-27-21-7-5-4-6-17(21)2/h4-15,27H,3,16H2,1-2H3,(H,29,30)/b28-15+. The lowest BCUT2D eigenvalue weighted by Gasteiger charge is -2.11. The molecule has 0 aromatic heterocycles. The minimum Gasteiger partial charge on any atom is -0.490 e. The summed E-state index contributed by atoms with van der Waals surface area (Å²) in [5.41, 5.74) is 5.53. The van der Waals surface area contributed by atoms with E-state index >= 15 is 0 Å². The van der Waals surface area contributed by atoms with E-state index in [-0.39, 0.29) is 12.5 Å². The zero-order valence-electron chi connectivity index (χ0n) is 18.3. The molecule has 0 aliphatic carbocycles. The summed E-state index contributed by atoms with van der Waals surface area (Å²) < 4.78 is 12.0. The van der Waals surface area contributed by atoms with Gasteiger partial charge in [-0.3, -0.25) is 4.79 Å². The van der Waals surface area contributed by atoms with Gasteiger partial charge in [-0.2, -0.15) is 5.10 Å². The molecule has 0 aliphatic heterocycles. The number of nitrogens with zero attached hydrogens (tertiary/aromatic N) is 1. The van der Waals surface area contributed by atoms with Crippen molar-refractivity contribution in [1.29, 1.82) is 0 Å². The van der Waals surface area contributed by atoms with Gasteiger partial charge in [-0.05, 0) is 73.5 Å². The van der Waals surface area contributed by atoms with Crippen LogP contribution in [0.3, 0.4) is 0 Å². The molecular formula is C25H24BrN3O4. The molecule has 3 aromatic rings. The molecule has 3 rings (SSSR count). The van der Waals surface area contributed by atoms with Crippen LogP contribution >= 0.6 is 15.9 Å². The van der Waals surface area contributed by atoms with Gasteiger partial charge < -0.3 is 14.8 Å². The first-order chi connectivity index (χ1) is 16.0. The van der Waals surface area contributed by atoms with E-state index in [1.807, 2.05) is 38.1 Å². The number of carbonyl (C=O) groups excluding carboxylic acids is 2. The Bertz CT molecular complexity index is 1150. The van der Waals surface area contributed by atoms with Gasteiger partial charge in [0.2, 0.25) is 0 Å². The van der Waals surface area contributed by atoms with Crippen molar-refractivity contribution in [3.8, 4) is 11.5 Å². The third kappa shape index (κ3) is 7.18. The largest absolute Gasteiger partial charge is 0.490 e. The molecule has 170 valence electrons. The highest BCUT2D eigenvalue weighted by Crippen LogP contribution is 2.29. The number of anilines is 1. The van der Waals surface area contributed by atoms with Crippen molar-refractivity contribution in [2.75, 3.05) is 18.5 Å². The second-order valence-electron chi connectivity index (χ2n) is 7.00. The number of ether oxygens (including phenoxy) is 2. The summed E-state index contributed by atoms with van der Waals surface area (Å²) in [5, 5.41) is 7.06. The second kappa shape index (κ2) is 11.8. The van der Waals surface area contributed by atoms with Crippen molar-refractivity contribution in [2.45, 2.75) is 13.8 Å². The number of esters is 1. The normalized spacial score (nSPS) is 10.6. The van der Waals surface area contributed by atoms with E-state index < -0.39 is 5.97 Å². The van der Waals surface area contributed by atoms with Crippen LogP contribution in [-0.4, -0.2) is 31.2 Å². The second-order valence-corrected chi connectivity index (χ2v) is 7.91. The van der Waals surface area contributed by atoms with Crippen LogP contribution in [0.4, 0.5) is 5.69 Å². The molecule has 3 aromatic carbocycles. The van der Waals surface area contributed by atoms with E-state index in [2.05, 4.69) is 31.8 Å². The smallest absolute Gasteiger partial charge is 0.343 e. The Balaban J connectivity index is 1.60. The average Bonchev–Trinajstić information content (AvgIpc) is 2.80. The molecule has 0 spiro atoms. The zero-order valence-corrected chi connectivity index (χ0v) is 19.9. The number of carbonyl (C=O) groups is 2. The Labute approximate surface area is 200 Å². The van der Waals surface area contributed by atoms with E-state index in [0.29, 0.717) is 29.2 Å². The predicted octanol–water partition coefficient (Wildman–Crippen LogP) is 4.94. The molecule has 33 heavy (non-hydrogen) atoms. The van der Waals surface area contributed by atoms with E-state index in [0.717, 1.165) is 15.7 Å². The lowest BCUT2D eigenvalue weighted by molar-refractivity contribution is -0.119. The van der Waals surface area contributed by atoms with Crippen LogP contribution in [0.25, 0.3) is 0 Å².